The second-order valence-electron chi connectivity index (χ2n) is 3.38. The molecule has 0 heterocycles. The van der Waals surface area contributed by atoms with Gasteiger partial charge in [-0.25, -0.2) is 4.39 Å². The van der Waals surface area contributed by atoms with Crippen molar-refractivity contribution in [3.8, 4) is 0 Å². The average molecular weight is 181 g/mol. The summed E-state index contributed by atoms with van der Waals surface area (Å²) in [5.74, 6) is -0.179. The molecule has 0 aliphatic rings. The summed E-state index contributed by atoms with van der Waals surface area (Å²) in [6.45, 7) is 2.10. The first-order chi connectivity index (χ1) is 6.22. The van der Waals surface area contributed by atoms with Crippen LogP contribution in [0.2, 0.25) is 0 Å². The Hall–Kier alpha value is -0.890. The quantitative estimate of drug-likeness (QED) is 0.758. The summed E-state index contributed by atoms with van der Waals surface area (Å²) < 4.78 is 12.8. The van der Waals surface area contributed by atoms with Gasteiger partial charge in [0.05, 0.1) is 0 Å². The molecular formula is C11H16FN. The summed E-state index contributed by atoms with van der Waals surface area (Å²) >= 11 is 0. The summed E-state index contributed by atoms with van der Waals surface area (Å²) in [6, 6.07) is 6.80. The van der Waals surface area contributed by atoms with Crippen molar-refractivity contribution in [2.45, 2.75) is 32.2 Å². The molecule has 0 spiro atoms. The molecule has 2 N–H and O–H groups in total. The fourth-order valence-corrected chi connectivity index (χ4v) is 1.44. The number of halogens is 1. The van der Waals surface area contributed by atoms with Crippen LogP contribution in [0.25, 0.3) is 0 Å². The number of hydrogen-bond donors (Lipinski definition) is 1. The van der Waals surface area contributed by atoms with Crippen LogP contribution in [0.5, 0.6) is 0 Å². The molecule has 0 saturated carbocycles. The highest BCUT2D eigenvalue weighted by Gasteiger charge is 2.02. The standard InChI is InChI=1S/C11H16FN/c1-2-4-11(13)8-9-5-3-6-10(12)7-9/h3,5-7,11H,2,4,8,13H2,1H3. The van der Waals surface area contributed by atoms with E-state index in [0.29, 0.717) is 0 Å². The predicted octanol–water partition coefficient (Wildman–Crippen LogP) is 2.50. The van der Waals surface area contributed by atoms with Gasteiger partial charge in [-0.15, -0.1) is 0 Å². The lowest BCUT2D eigenvalue weighted by atomic mass is 10.0. The van der Waals surface area contributed by atoms with Gasteiger partial charge < -0.3 is 5.73 Å². The molecule has 0 amide bonds. The van der Waals surface area contributed by atoms with Gasteiger partial charge in [-0.2, -0.15) is 0 Å². The number of nitrogens with two attached hydrogens (primary N) is 1. The third kappa shape index (κ3) is 3.55. The van der Waals surface area contributed by atoms with E-state index in [2.05, 4.69) is 6.92 Å². The molecule has 1 aromatic rings. The molecule has 0 aliphatic carbocycles. The average Bonchev–Trinajstić information content (AvgIpc) is 2.04. The minimum absolute atomic E-state index is 0.159. The van der Waals surface area contributed by atoms with Gasteiger partial charge in [0, 0.05) is 6.04 Å². The second kappa shape index (κ2) is 4.97. The van der Waals surface area contributed by atoms with Crippen molar-refractivity contribution in [1.82, 2.24) is 0 Å². The normalized spacial score (nSPS) is 12.8. The molecule has 0 aromatic heterocycles. The Morgan fingerprint density at radius 1 is 1.46 bits per heavy atom. The molecule has 72 valence electrons. The van der Waals surface area contributed by atoms with Crippen LogP contribution in [0.1, 0.15) is 25.3 Å². The predicted molar refractivity (Wildman–Crippen MR) is 53.0 cm³/mol. The Bertz CT molecular complexity index is 260. The van der Waals surface area contributed by atoms with Crippen molar-refractivity contribution in [3.05, 3.63) is 35.6 Å². The number of hydrogen-bond acceptors (Lipinski definition) is 1. The van der Waals surface area contributed by atoms with E-state index < -0.39 is 0 Å². The van der Waals surface area contributed by atoms with Crippen molar-refractivity contribution in [2.75, 3.05) is 0 Å². The van der Waals surface area contributed by atoms with E-state index in [1.54, 1.807) is 12.1 Å². The van der Waals surface area contributed by atoms with E-state index in [9.17, 15) is 4.39 Å². The lowest BCUT2D eigenvalue weighted by Crippen LogP contribution is -2.22. The van der Waals surface area contributed by atoms with Gasteiger partial charge in [-0.3, -0.25) is 0 Å². The molecule has 13 heavy (non-hydrogen) atoms. The zero-order chi connectivity index (χ0) is 9.68. The van der Waals surface area contributed by atoms with Gasteiger partial charge in [0.25, 0.3) is 0 Å². The Kier molecular flexibility index (Phi) is 3.90. The van der Waals surface area contributed by atoms with E-state index in [4.69, 9.17) is 5.73 Å². The number of benzene rings is 1. The maximum Gasteiger partial charge on any atom is 0.123 e. The molecule has 1 rings (SSSR count). The van der Waals surface area contributed by atoms with Crippen LogP contribution in [0.15, 0.2) is 24.3 Å². The van der Waals surface area contributed by atoms with Crippen LogP contribution in [-0.2, 0) is 6.42 Å². The largest absolute Gasteiger partial charge is 0.327 e. The zero-order valence-electron chi connectivity index (χ0n) is 7.96. The second-order valence-corrected chi connectivity index (χ2v) is 3.38. The topological polar surface area (TPSA) is 26.0 Å². The van der Waals surface area contributed by atoms with E-state index in [1.807, 2.05) is 6.07 Å². The molecule has 0 saturated heterocycles. The van der Waals surface area contributed by atoms with Crippen LogP contribution >= 0.6 is 0 Å². The highest BCUT2D eigenvalue weighted by atomic mass is 19.1. The van der Waals surface area contributed by atoms with Crippen LogP contribution in [-0.4, -0.2) is 6.04 Å². The first-order valence-corrected chi connectivity index (χ1v) is 4.72. The molecule has 0 aliphatic heterocycles. The van der Waals surface area contributed by atoms with E-state index in [0.717, 1.165) is 24.8 Å². The summed E-state index contributed by atoms with van der Waals surface area (Å²) in [7, 11) is 0. The molecule has 2 heteroatoms. The van der Waals surface area contributed by atoms with Crippen LogP contribution in [0.4, 0.5) is 4.39 Å². The Labute approximate surface area is 78.8 Å². The van der Waals surface area contributed by atoms with Crippen LogP contribution < -0.4 is 5.73 Å². The summed E-state index contributed by atoms with van der Waals surface area (Å²) in [4.78, 5) is 0. The zero-order valence-corrected chi connectivity index (χ0v) is 7.96. The van der Waals surface area contributed by atoms with Crippen LogP contribution in [0.3, 0.4) is 0 Å². The van der Waals surface area contributed by atoms with Gasteiger partial charge >= 0.3 is 0 Å². The van der Waals surface area contributed by atoms with Crippen molar-refractivity contribution in [2.24, 2.45) is 5.73 Å². The lowest BCUT2D eigenvalue weighted by Gasteiger charge is -2.09. The Morgan fingerprint density at radius 3 is 2.85 bits per heavy atom. The summed E-state index contributed by atoms with van der Waals surface area (Å²) in [5, 5.41) is 0. The molecular weight excluding hydrogens is 165 g/mol. The van der Waals surface area contributed by atoms with Crippen molar-refractivity contribution < 1.29 is 4.39 Å². The van der Waals surface area contributed by atoms with Gasteiger partial charge in [0.1, 0.15) is 5.82 Å². The molecule has 1 unspecified atom stereocenters. The fourth-order valence-electron chi connectivity index (χ4n) is 1.44. The van der Waals surface area contributed by atoms with Crippen molar-refractivity contribution >= 4 is 0 Å². The van der Waals surface area contributed by atoms with Gasteiger partial charge in [-0.1, -0.05) is 25.5 Å². The summed E-state index contributed by atoms with van der Waals surface area (Å²) in [5.41, 5.74) is 6.83. The highest BCUT2D eigenvalue weighted by molar-refractivity contribution is 5.17. The van der Waals surface area contributed by atoms with Gasteiger partial charge in [-0.05, 0) is 30.5 Å². The number of rotatable bonds is 4. The Balaban J connectivity index is 2.53. The third-order valence-corrected chi connectivity index (χ3v) is 2.05. The molecule has 0 fully saturated rings. The van der Waals surface area contributed by atoms with Gasteiger partial charge in [0.15, 0.2) is 0 Å². The van der Waals surface area contributed by atoms with E-state index in [-0.39, 0.29) is 11.9 Å². The van der Waals surface area contributed by atoms with E-state index >= 15 is 0 Å². The monoisotopic (exact) mass is 181 g/mol. The first-order valence-electron chi connectivity index (χ1n) is 4.72. The van der Waals surface area contributed by atoms with Crippen molar-refractivity contribution in [1.29, 1.82) is 0 Å². The van der Waals surface area contributed by atoms with E-state index in [1.165, 1.54) is 6.07 Å². The SMILES string of the molecule is CCCC(N)Cc1cccc(F)c1. The lowest BCUT2D eigenvalue weighted by molar-refractivity contribution is 0.592. The molecule has 1 aromatic carbocycles. The molecule has 1 atom stereocenters. The third-order valence-electron chi connectivity index (χ3n) is 2.05. The minimum Gasteiger partial charge on any atom is -0.327 e. The smallest absolute Gasteiger partial charge is 0.123 e. The van der Waals surface area contributed by atoms with Crippen LogP contribution in [0, 0.1) is 5.82 Å². The molecule has 1 nitrogen and oxygen atoms in total. The van der Waals surface area contributed by atoms with Crippen molar-refractivity contribution in [3.63, 3.8) is 0 Å². The van der Waals surface area contributed by atoms with Gasteiger partial charge in [0.2, 0.25) is 0 Å². The summed E-state index contributed by atoms with van der Waals surface area (Å²) in [6.07, 6.45) is 2.85. The maximum atomic E-state index is 12.8. The Morgan fingerprint density at radius 2 is 2.23 bits per heavy atom. The molecule has 0 bridgehead atoms. The maximum absolute atomic E-state index is 12.8. The fraction of sp³-hybridized carbons (Fsp3) is 0.455. The minimum atomic E-state index is -0.179. The first kappa shape index (κ1) is 10.2. The molecule has 0 radical (unpaired) electrons. The highest BCUT2D eigenvalue weighted by Crippen LogP contribution is 2.07.